The van der Waals surface area contributed by atoms with Gasteiger partial charge in [0.1, 0.15) is 5.75 Å². The van der Waals surface area contributed by atoms with E-state index >= 15 is 0 Å². The molecule has 2 N–H and O–H groups in total. The summed E-state index contributed by atoms with van der Waals surface area (Å²) >= 11 is 0. The van der Waals surface area contributed by atoms with E-state index in [1.165, 1.54) is 5.56 Å². The van der Waals surface area contributed by atoms with E-state index in [2.05, 4.69) is 41.6 Å². The van der Waals surface area contributed by atoms with Gasteiger partial charge in [-0.3, -0.25) is 0 Å². The van der Waals surface area contributed by atoms with Crippen molar-refractivity contribution in [3.05, 3.63) is 29.3 Å². The summed E-state index contributed by atoms with van der Waals surface area (Å²) in [7, 11) is 1.68. The highest BCUT2D eigenvalue weighted by Crippen LogP contribution is 2.19. The van der Waals surface area contributed by atoms with Gasteiger partial charge in [0.2, 0.25) is 0 Å². The molecule has 0 spiro atoms. The van der Waals surface area contributed by atoms with Crippen LogP contribution in [-0.2, 0) is 16.0 Å². The number of aliphatic imine (C=N–C) groups is 1. The lowest BCUT2D eigenvalue weighted by Gasteiger charge is -2.12. The maximum absolute atomic E-state index is 5.58. The van der Waals surface area contributed by atoms with Crippen LogP contribution in [0.2, 0.25) is 0 Å². The smallest absolute Gasteiger partial charge is 0.191 e. The number of nitrogens with zero attached hydrogens (tertiary/aromatic N) is 1. The molecule has 1 rings (SSSR count). The molecule has 0 heterocycles. The first-order valence-corrected chi connectivity index (χ1v) is 9.02. The van der Waals surface area contributed by atoms with Crippen molar-refractivity contribution in [2.45, 2.75) is 33.7 Å². The van der Waals surface area contributed by atoms with Crippen molar-refractivity contribution < 1.29 is 14.2 Å². The van der Waals surface area contributed by atoms with E-state index in [9.17, 15) is 0 Å². The molecule has 150 valence electrons. The first-order chi connectivity index (χ1) is 12.2. The molecule has 0 aliphatic carbocycles. The van der Waals surface area contributed by atoms with Gasteiger partial charge in [0, 0.05) is 26.8 Å². The first-order valence-electron chi connectivity index (χ1n) is 9.02. The zero-order valence-corrected chi connectivity index (χ0v) is 18.8. The molecule has 0 fully saturated rings. The van der Waals surface area contributed by atoms with E-state index in [1.54, 1.807) is 7.11 Å². The normalized spacial score (nSPS) is 11.0. The highest BCUT2D eigenvalue weighted by molar-refractivity contribution is 14.0. The number of benzene rings is 1. The summed E-state index contributed by atoms with van der Waals surface area (Å²) in [5.41, 5.74) is 2.31. The molecule has 0 amide bonds. The largest absolute Gasteiger partial charge is 0.494 e. The quantitative estimate of drug-likeness (QED) is 0.209. The third-order valence-electron chi connectivity index (χ3n) is 3.49. The maximum atomic E-state index is 5.58. The fourth-order valence-corrected chi connectivity index (χ4v) is 2.26. The standard InChI is InChI=1S/C19H33N3O3.HI/c1-5-20-19(21-10-7-11-24-13-12-23-4)22-15-17-8-9-18(25-6-2)16(3)14-17;/h8-9,14H,5-7,10-13,15H2,1-4H3,(H2,20,21,22);1H. The molecule has 0 radical (unpaired) electrons. The number of hydrogen-bond donors (Lipinski definition) is 2. The molecule has 0 unspecified atom stereocenters. The Bertz CT molecular complexity index is 513. The van der Waals surface area contributed by atoms with Crippen LogP contribution in [0.1, 0.15) is 31.4 Å². The monoisotopic (exact) mass is 479 g/mol. The molecule has 1 aromatic carbocycles. The van der Waals surface area contributed by atoms with Crippen LogP contribution in [0.25, 0.3) is 0 Å². The van der Waals surface area contributed by atoms with E-state index in [0.717, 1.165) is 36.8 Å². The number of halogens is 1. The number of guanidine groups is 1. The lowest BCUT2D eigenvalue weighted by molar-refractivity contribution is 0.0698. The molecule has 1 aromatic rings. The van der Waals surface area contributed by atoms with Gasteiger partial charge < -0.3 is 24.8 Å². The van der Waals surface area contributed by atoms with Crippen molar-refractivity contribution in [1.29, 1.82) is 0 Å². The molecule has 0 aromatic heterocycles. The molecule has 0 atom stereocenters. The van der Waals surface area contributed by atoms with Gasteiger partial charge in [-0.05, 0) is 44.4 Å². The summed E-state index contributed by atoms with van der Waals surface area (Å²) in [5.74, 6) is 1.76. The average Bonchev–Trinajstić information content (AvgIpc) is 2.61. The Morgan fingerprint density at radius 3 is 2.58 bits per heavy atom. The van der Waals surface area contributed by atoms with Gasteiger partial charge >= 0.3 is 0 Å². The minimum atomic E-state index is 0. The van der Waals surface area contributed by atoms with Crippen molar-refractivity contribution in [3.8, 4) is 5.75 Å². The van der Waals surface area contributed by atoms with E-state index in [1.807, 2.05) is 13.0 Å². The highest BCUT2D eigenvalue weighted by Gasteiger charge is 2.02. The third-order valence-corrected chi connectivity index (χ3v) is 3.49. The molecular weight excluding hydrogens is 445 g/mol. The zero-order valence-electron chi connectivity index (χ0n) is 16.5. The lowest BCUT2D eigenvalue weighted by Crippen LogP contribution is -2.38. The van der Waals surface area contributed by atoms with Crippen LogP contribution >= 0.6 is 24.0 Å². The van der Waals surface area contributed by atoms with Gasteiger partial charge in [-0.2, -0.15) is 0 Å². The van der Waals surface area contributed by atoms with Gasteiger partial charge in [-0.1, -0.05) is 12.1 Å². The van der Waals surface area contributed by atoms with Crippen molar-refractivity contribution in [3.63, 3.8) is 0 Å². The van der Waals surface area contributed by atoms with Crippen molar-refractivity contribution >= 4 is 29.9 Å². The average molecular weight is 479 g/mol. The number of methoxy groups -OCH3 is 1. The number of hydrogen-bond acceptors (Lipinski definition) is 4. The molecular formula is C19H34IN3O3. The fourth-order valence-electron chi connectivity index (χ4n) is 2.26. The van der Waals surface area contributed by atoms with Crippen LogP contribution in [-0.4, -0.2) is 52.6 Å². The maximum Gasteiger partial charge on any atom is 0.191 e. The Kier molecular flexibility index (Phi) is 15.5. The SMILES string of the molecule is CCNC(=NCc1ccc(OCC)c(C)c1)NCCCOCCOC.I. The van der Waals surface area contributed by atoms with Crippen molar-refractivity contribution in [2.75, 3.05) is 46.6 Å². The summed E-state index contributed by atoms with van der Waals surface area (Å²) in [5, 5.41) is 6.59. The van der Waals surface area contributed by atoms with Gasteiger partial charge in [0.05, 0.1) is 26.4 Å². The molecule has 26 heavy (non-hydrogen) atoms. The minimum Gasteiger partial charge on any atom is -0.494 e. The molecule has 7 heteroatoms. The molecule has 0 aliphatic rings. The predicted molar refractivity (Wildman–Crippen MR) is 118 cm³/mol. The molecule has 6 nitrogen and oxygen atoms in total. The number of ether oxygens (including phenoxy) is 3. The third kappa shape index (κ3) is 10.8. The Balaban J connectivity index is 0.00000625. The van der Waals surface area contributed by atoms with E-state index in [4.69, 9.17) is 14.2 Å². The lowest BCUT2D eigenvalue weighted by atomic mass is 10.1. The minimum absolute atomic E-state index is 0. The van der Waals surface area contributed by atoms with Gasteiger partial charge in [0.15, 0.2) is 5.96 Å². The van der Waals surface area contributed by atoms with Crippen molar-refractivity contribution in [1.82, 2.24) is 10.6 Å². The van der Waals surface area contributed by atoms with Gasteiger partial charge in [-0.25, -0.2) is 4.99 Å². The summed E-state index contributed by atoms with van der Waals surface area (Å²) in [6.07, 6.45) is 0.927. The Labute approximate surface area is 175 Å². The Morgan fingerprint density at radius 2 is 1.92 bits per heavy atom. The van der Waals surface area contributed by atoms with E-state index in [-0.39, 0.29) is 24.0 Å². The van der Waals surface area contributed by atoms with Crippen LogP contribution < -0.4 is 15.4 Å². The zero-order chi connectivity index (χ0) is 18.3. The van der Waals surface area contributed by atoms with Crippen LogP contribution in [0.4, 0.5) is 0 Å². The van der Waals surface area contributed by atoms with Crippen molar-refractivity contribution in [2.24, 2.45) is 4.99 Å². The van der Waals surface area contributed by atoms with Crippen LogP contribution in [0, 0.1) is 6.92 Å². The van der Waals surface area contributed by atoms with Crippen LogP contribution in [0.15, 0.2) is 23.2 Å². The predicted octanol–water partition coefficient (Wildman–Crippen LogP) is 3.12. The number of rotatable bonds is 12. The Hall–Kier alpha value is -1.06. The summed E-state index contributed by atoms with van der Waals surface area (Å²) < 4.78 is 16.0. The number of aryl methyl sites for hydroxylation is 1. The highest BCUT2D eigenvalue weighted by atomic mass is 127. The molecule has 0 saturated heterocycles. The summed E-state index contributed by atoms with van der Waals surface area (Å²) in [6.45, 7) is 11.1. The Morgan fingerprint density at radius 1 is 1.12 bits per heavy atom. The second kappa shape index (κ2) is 16.1. The first kappa shape index (κ1) is 24.9. The number of nitrogens with one attached hydrogen (secondary N) is 2. The second-order valence-electron chi connectivity index (χ2n) is 5.61. The summed E-state index contributed by atoms with van der Waals surface area (Å²) in [6, 6.07) is 6.21. The van der Waals surface area contributed by atoms with Gasteiger partial charge in [-0.15, -0.1) is 24.0 Å². The van der Waals surface area contributed by atoms with E-state index in [0.29, 0.717) is 33.0 Å². The summed E-state index contributed by atoms with van der Waals surface area (Å²) in [4.78, 5) is 4.64. The molecule has 0 bridgehead atoms. The molecule has 0 saturated carbocycles. The topological polar surface area (TPSA) is 64.1 Å². The van der Waals surface area contributed by atoms with E-state index < -0.39 is 0 Å². The molecule has 0 aliphatic heterocycles. The second-order valence-corrected chi connectivity index (χ2v) is 5.61. The fraction of sp³-hybridized carbons (Fsp3) is 0.632. The van der Waals surface area contributed by atoms with Crippen LogP contribution in [0.3, 0.4) is 0 Å². The van der Waals surface area contributed by atoms with Crippen LogP contribution in [0.5, 0.6) is 5.75 Å². The van der Waals surface area contributed by atoms with Gasteiger partial charge in [0.25, 0.3) is 0 Å².